The van der Waals surface area contributed by atoms with Gasteiger partial charge in [-0.15, -0.1) is 0 Å². The van der Waals surface area contributed by atoms with Crippen LogP contribution in [0.4, 0.5) is 0 Å². The molecule has 0 spiro atoms. The number of carboxylic acid groups (broad SMARTS) is 1. The summed E-state index contributed by atoms with van der Waals surface area (Å²) in [5, 5.41) is 13.3. The van der Waals surface area contributed by atoms with Crippen molar-refractivity contribution in [3.05, 3.63) is 99.1 Å². The SMILES string of the molecule is CC1=C(C(=O)O)C(c2cccc(Cl)c2)C(C(=O)NCC=Cc2ccccc2)=C(C)C1N. The fourth-order valence-corrected chi connectivity index (χ4v) is 4.09. The minimum absolute atomic E-state index is 0.116. The Morgan fingerprint density at radius 2 is 1.74 bits per heavy atom. The van der Waals surface area contributed by atoms with Crippen molar-refractivity contribution in [2.45, 2.75) is 25.8 Å². The Labute approximate surface area is 186 Å². The predicted molar refractivity (Wildman–Crippen MR) is 124 cm³/mol. The Kier molecular flexibility index (Phi) is 7.10. The van der Waals surface area contributed by atoms with Gasteiger partial charge < -0.3 is 16.2 Å². The Morgan fingerprint density at radius 3 is 2.39 bits per heavy atom. The standard InChI is InChI=1S/C25H25ClN2O3/c1-15-20(24(29)28-13-7-10-17-8-4-3-5-9-17)22(18-11-6-12-19(26)14-18)21(25(30)31)16(2)23(15)27/h3-12,14,22-23H,13,27H2,1-2H3,(H,28,29)(H,30,31). The number of amides is 1. The van der Waals surface area contributed by atoms with Crippen LogP contribution >= 0.6 is 11.6 Å². The summed E-state index contributed by atoms with van der Waals surface area (Å²) in [5.41, 5.74) is 9.60. The zero-order chi connectivity index (χ0) is 22.5. The van der Waals surface area contributed by atoms with Crippen LogP contribution < -0.4 is 11.1 Å². The number of carboxylic acids is 1. The smallest absolute Gasteiger partial charge is 0.332 e. The van der Waals surface area contributed by atoms with Crippen molar-refractivity contribution in [2.24, 2.45) is 5.73 Å². The molecular weight excluding hydrogens is 412 g/mol. The molecule has 1 aliphatic carbocycles. The second-order valence-corrected chi connectivity index (χ2v) is 7.92. The Morgan fingerprint density at radius 1 is 1.06 bits per heavy atom. The summed E-state index contributed by atoms with van der Waals surface area (Å²) in [6.45, 7) is 3.78. The zero-order valence-corrected chi connectivity index (χ0v) is 18.2. The van der Waals surface area contributed by atoms with Gasteiger partial charge >= 0.3 is 5.97 Å². The van der Waals surface area contributed by atoms with E-state index in [9.17, 15) is 14.7 Å². The maximum atomic E-state index is 13.2. The number of halogens is 1. The van der Waals surface area contributed by atoms with Crippen LogP contribution in [0.15, 0.2) is 83.0 Å². The van der Waals surface area contributed by atoms with Gasteiger partial charge in [-0.2, -0.15) is 0 Å². The Bertz CT molecular complexity index is 1090. The maximum Gasteiger partial charge on any atom is 0.332 e. The third kappa shape index (κ3) is 4.95. The molecule has 2 unspecified atom stereocenters. The largest absolute Gasteiger partial charge is 0.478 e. The number of aliphatic carboxylic acids is 1. The summed E-state index contributed by atoms with van der Waals surface area (Å²) in [7, 11) is 0. The van der Waals surface area contributed by atoms with Crippen LogP contribution in [0.1, 0.15) is 30.9 Å². The number of rotatable bonds is 6. The van der Waals surface area contributed by atoms with Crippen molar-refractivity contribution >= 4 is 29.6 Å². The van der Waals surface area contributed by atoms with E-state index in [1.165, 1.54) is 0 Å². The van der Waals surface area contributed by atoms with Crippen LogP contribution in [0.3, 0.4) is 0 Å². The molecule has 2 aromatic rings. The molecule has 31 heavy (non-hydrogen) atoms. The Balaban J connectivity index is 1.93. The zero-order valence-electron chi connectivity index (χ0n) is 17.4. The van der Waals surface area contributed by atoms with Gasteiger partial charge in [0.15, 0.2) is 0 Å². The summed E-state index contributed by atoms with van der Waals surface area (Å²) in [6, 6.07) is 16.0. The Hall–Kier alpha value is -3.15. The third-order valence-corrected chi connectivity index (χ3v) is 5.74. The van der Waals surface area contributed by atoms with Crippen LogP contribution in [-0.2, 0) is 9.59 Å². The number of carbonyl (C=O) groups is 2. The fraction of sp³-hybridized carbons (Fsp3) is 0.200. The molecule has 160 valence electrons. The number of hydrogen-bond acceptors (Lipinski definition) is 3. The molecule has 2 atom stereocenters. The van der Waals surface area contributed by atoms with Crippen LogP contribution in [-0.4, -0.2) is 29.6 Å². The van der Waals surface area contributed by atoms with Gasteiger partial charge in [0.2, 0.25) is 5.91 Å². The molecule has 0 heterocycles. The highest BCUT2D eigenvalue weighted by Gasteiger charge is 2.38. The van der Waals surface area contributed by atoms with Crippen molar-refractivity contribution < 1.29 is 14.7 Å². The number of benzene rings is 2. The first-order chi connectivity index (χ1) is 14.8. The van der Waals surface area contributed by atoms with Gasteiger partial charge in [-0.3, -0.25) is 4.79 Å². The minimum Gasteiger partial charge on any atom is -0.478 e. The first kappa shape index (κ1) is 22.5. The molecule has 5 nitrogen and oxygen atoms in total. The lowest BCUT2D eigenvalue weighted by atomic mass is 9.73. The molecule has 3 rings (SSSR count). The first-order valence-corrected chi connectivity index (χ1v) is 10.3. The summed E-state index contributed by atoms with van der Waals surface area (Å²) < 4.78 is 0. The average Bonchev–Trinajstić information content (AvgIpc) is 2.75. The lowest BCUT2D eigenvalue weighted by molar-refractivity contribution is -0.133. The topological polar surface area (TPSA) is 92.4 Å². The van der Waals surface area contributed by atoms with Crippen molar-refractivity contribution in [3.63, 3.8) is 0 Å². The third-order valence-electron chi connectivity index (χ3n) is 5.51. The fourth-order valence-electron chi connectivity index (χ4n) is 3.89. The van der Waals surface area contributed by atoms with Crippen LogP contribution in [0.25, 0.3) is 6.08 Å². The second-order valence-electron chi connectivity index (χ2n) is 7.49. The van der Waals surface area contributed by atoms with Crippen molar-refractivity contribution in [1.29, 1.82) is 0 Å². The van der Waals surface area contributed by atoms with E-state index in [0.29, 0.717) is 33.9 Å². The summed E-state index contributed by atoms with van der Waals surface area (Å²) in [5.74, 6) is -2.20. The molecule has 0 saturated carbocycles. The van der Waals surface area contributed by atoms with Crippen LogP contribution in [0, 0.1) is 0 Å². The predicted octanol–water partition coefficient (Wildman–Crippen LogP) is 4.31. The van der Waals surface area contributed by atoms with Crippen molar-refractivity contribution in [1.82, 2.24) is 5.32 Å². The highest BCUT2D eigenvalue weighted by molar-refractivity contribution is 6.30. The number of carbonyl (C=O) groups excluding carboxylic acids is 1. The maximum absolute atomic E-state index is 13.2. The van der Waals surface area contributed by atoms with Crippen LogP contribution in [0.5, 0.6) is 0 Å². The molecule has 0 aliphatic heterocycles. The molecule has 6 heteroatoms. The number of nitrogens with one attached hydrogen (secondary N) is 1. The quantitative estimate of drug-likeness (QED) is 0.629. The molecule has 0 radical (unpaired) electrons. The monoisotopic (exact) mass is 436 g/mol. The van der Waals surface area contributed by atoms with Gasteiger partial charge in [0.25, 0.3) is 0 Å². The number of hydrogen-bond donors (Lipinski definition) is 3. The number of nitrogens with two attached hydrogens (primary N) is 1. The molecule has 0 fully saturated rings. The van der Waals surface area contributed by atoms with Gasteiger partial charge in [0.05, 0.1) is 0 Å². The lowest BCUT2D eigenvalue weighted by Crippen LogP contribution is -2.39. The van der Waals surface area contributed by atoms with E-state index in [4.69, 9.17) is 17.3 Å². The van der Waals surface area contributed by atoms with E-state index in [-0.39, 0.29) is 11.5 Å². The van der Waals surface area contributed by atoms with E-state index in [1.807, 2.05) is 42.5 Å². The van der Waals surface area contributed by atoms with E-state index >= 15 is 0 Å². The molecule has 0 saturated heterocycles. The average molecular weight is 437 g/mol. The lowest BCUT2D eigenvalue weighted by Gasteiger charge is -2.33. The highest BCUT2D eigenvalue weighted by atomic mass is 35.5. The van der Waals surface area contributed by atoms with Gasteiger partial charge in [-0.25, -0.2) is 4.79 Å². The molecule has 1 aliphatic rings. The van der Waals surface area contributed by atoms with Crippen molar-refractivity contribution in [3.8, 4) is 0 Å². The van der Waals surface area contributed by atoms with Gasteiger partial charge in [-0.1, -0.05) is 66.2 Å². The van der Waals surface area contributed by atoms with E-state index < -0.39 is 17.9 Å². The molecule has 0 bridgehead atoms. The summed E-state index contributed by atoms with van der Waals surface area (Å²) in [6.07, 6.45) is 3.76. The molecule has 1 amide bonds. The highest BCUT2D eigenvalue weighted by Crippen LogP contribution is 2.41. The van der Waals surface area contributed by atoms with Gasteiger partial charge in [0, 0.05) is 34.7 Å². The normalized spacial score (nSPS) is 19.1. The summed E-state index contributed by atoms with van der Waals surface area (Å²) in [4.78, 5) is 25.4. The molecule has 4 N–H and O–H groups in total. The second kappa shape index (κ2) is 9.77. The molecule has 2 aromatic carbocycles. The van der Waals surface area contributed by atoms with E-state index in [0.717, 1.165) is 5.56 Å². The molecule has 0 aromatic heterocycles. The van der Waals surface area contributed by atoms with Crippen LogP contribution in [0.2, 0.25) is 5.02 Å². The first-order valence-electron chi connectivity index (χ1n) is 9.96. The van der Waals surface area contributed by atoms with E-state index in [2.05, 4.69) is 5.32 Å². The van der Waals surface area contributed by atoms with Gasteiger partial charge in [-0.05, 0) is 48.3 Å². The van der Waals surface area contributed by atoms with Gasteiger partial charge in [0.1, 0.15) is 0 Å². The minimum atomic E-state index is -1.10. The molecular formula is C25H25ClN2O3. The summed E-state index contributed by atoms with van der Waals surface area (Å²) >= 11 is 6.17. The van der Waals surface area contributed by atoms with Crippen molar-refractivity contribution in [2.75, 3.05) is 6.54 Å². The van der Waals surface area contributed by atoms with E-state index in [1.54, 1.807) is 38.1 Å².